The second kappa shape index (κ2) is 8.49. The van der Waals surface area contributed by atoms with Crippen LogP contribution in [0.2, 0.25) is 0 Å². The lowest BCUT2D eigenvalue weighted by molar-refractivity contribution is -0.146. The van der Waals surface area contributed by atoms with E-state index in [1.165, 1.54) is 12.0 Å². The van der Waals surface area contributed by atoms with Crippen molar-refractivity contribution in [2.75, 3.05) is 41.3 Å². The Bertz CT molecular complexity index is 210. The maximum atomic E-state index is 11.4. The van der Waals surface area contributed by atoms with E-state index in [9.17, 15) is 9.59 Å². The molecule has 0 fully saturated rings. The Morgan fingerprint density at radius 2 is 1.73 bits per heavy atom. The molecule has 0 saturated heterocycles. The van der Waals surface area contributed by atoms with Gasteiger partial charge in [-0.25, -0.2) is 0 Å². The first-order valence-corrected chi connectivity index (χ1v) is 4.43. The van der Waals surface area contributed by atoms with Crippen LogP contribution in [0.3, 0.4) is 0 Å². The summed E-state index contributed by atoms with van der Waals surface area (Å²) in [6, 6.07) is 0. The molecule has 0 unspecified atom stereocenters. The summed E-state index contributed by atoms with van der Waals surface area (Å²) in [5.74, 6) is -0.449. The van der Waals surface area contributed by atoms with Crippen LogP contribution in [0.5, 0.6) is 0 Å². The average molecular weight is 239 g/mol. The number of rotatable bonds is 5. The molecule has 0 aromatic heterocycles. The normalized spacial score (nSPS) is 9.40. The lowest BCUT2D eigenvalue weighted by Gasteiger charge is -2.16. The highest BCUT2D eigenvalue weighted by Gasteiger charge is 2.12. The van der Waals surface area contributed by atoms with E-state index < -0.39 is 5.97 Å². The molecular formula is C9H19ClN2O3. The zero-order valence-electron chi connectivity index (χ0n) is 9.65. The number of amides is 1. The first kappa shape index (κ1) is 16.6. The monoisotopic (exact) mass is 238 g/mol. The molecule has 0 aliphatic heterocycles. The highest BCUT2D eigenvalue weighted by Crippen LogP contribution is 1.92. The molecule has 0 heterocycles. The summed E-state index contributed by atoms with van der Waals surface area (Å²) in [7, 11) is 6.69. The topological polar surface area (TPSA) is 49.9 Å². The van der Waals surface area contributed by atoms with Gasteiger partial charge in [0.15, 0.2) is 0 Å². The lowest BCUT2D eigenvalue weighted by atomic mass is 10.3. The van der Waals surface area contributed by atoms with Crippen LogP contribution < -0.4 is 0 Å². The number of carbonyl (C=O) groups excluding carboxylic acids is 2. The number of esters is 1. The second-order valence-corrected chi connectivity index (χ2v) is 3.38. The largest absolute Gasteiger partial charge is 0.468 e. The SMILES string of the molecule is COC(=O)CN(C)C(=O)CCN(C)C.Cl. The fraction of sp³-hybridized carbons (Fsp3) is 0.778. The zero-order chi connectivity index (χ0) is 11.1. The molecule has 0 aromatic rings. The van der Waals surface area contributed by atoms with Gasteiger partial charge in [0, 0.05) is 20.0 Å². The Hall–Kier alpha value is -0.810. The van der Waals surface area contributed by atoms with Crippen LogP contribution in [-0.2, 0) is 14.3 Å². The minimum absolute atomic E-state index is 0. The molecule has 0 radical (unpaired) electrons. The fourth-order valence-corrected chi connectivity index (χ4v) is 0.856. The lowest BCUT2D eigenvalue weighted by Crippen LogP contribution is -2.34. The van der Waals surface area contributed by atoms with Crippen LogP contribution in [0.15, 0.2) is 0 Å². The van der Waals surface area contributed by atoms with Gasteiger partial charge in [-0.15, -0.1) is 12.4 Å². The van der Waals surface area contributed by atoms with Gasteiger partial charge in [0.2, 0.25) is 5.91 Å². The van der Waals surface area contributed by atoms with Crippen molar-refractivity contribution < 1.29 is 14.3 Å². The number of ether oxygens (including phenoxy) is 1. The van der Waals surface area contributed by atoms with Gasteiger partial charge in [-0.3, -0.25) is 9.59 Å². The van der Waals surface area contributed by atoms with Gasteiger partial charge in [-0.1, -0.05) is 0 Å². The van der Waals surface area contributed by atoms with Gasteiger partial charge in [0.25, 0.3) is 0 Å². The van der Waals surface area contributed by atoms with Crippen LogP contribution >= 0.6 is 12.4 Å². The Morgan fingerprint density at radius 1 is 1.20 bits per heavy atom. The predicted molar refractivity (Wildman–Crippen MR) is 60.1 cm³/mol. The van der Waals surface area contributed by atoms with Crippen LogP contribution in [0.25, 0.3) is 0 Å². The quantitative estimate of drug-likeness (QED) is 0.633. The maximum absolute atomic E-state index is 11.4. The molecule has 90 valence electrons. The minimum Gasteiger partial charge on any atom is -0.468 e. The number of likely N-dealkylation sites (N-methyl/N-ethyl adjacent to an activating group) is 1. The molecule has 0 aliphatic rings. The third-order valence-electron chi connectivity index (χ3n) is 1.79. The van der Waals surface area contributed by atoms with E-state index in [4.69, 9.17) is 0 Å². The molecule has 0 aromatic carbocycles. The summed E-state index contributed by atoms with van der Waals surface area (Å²) < 4.78 is 4.45. The summed E-state index contributed by atoms with van der Waals surface area (Å²) in [4.78, 5) is 25.5. The first-order chi connectivity index (χ1) is 6.47. The molecule has 6 heteroatoms. The van der Waals surface area contributed by atoms with Crippen molar-refractivity contribution in [2.24, 2.45) is 0 Å². The van der Waals surface area contributed by atoms with Crippen LogP contribution in [0.1, 0.15) is 6.42 Å². The number of methoxy groups -OCH3 is 1. The van der Waals surface area contributed by atoms with Crippen molar-refractivity contribution in [3.05, 3.63) is 0 Å². The van der Waals surface area contributed by atoms with E-state index in [0.29, 0.717) is 13.0 Å². The molecule has 1 amide bonds. The molecule has 15 heavy (non-hydrogen) atoms. The predicted octanol–water partition coefficient (Wildman–Crippen LogP) is -0.00870. The second-order valence-electron chi connectivity index (χ2n) is 3.38. The Kier molecular flexibility index (Phi) is 9.41. The molecule has 0 rings (SSSR count). The minimum atomic E-state index is -0.397. The van der Waals surface area contributed by atoms with Crippen molar-refractivity contribution >= 4 is 24.3 Å². The van der Waals surface area contributed by atoms with Crippen molar-refractivity contribution in [1.82, 2.24) is 9.80 Å². The smallest absolute Gasteiger partial charge is 0.325 e. The van der Waals surface area contributed by atoms with Gasteiger partial charge < -0.3 is 14.5 Å². The van der Waals surface area contributed by atoms with Crippen molar-refractivity contribution in [3.8, 4) is 0 Å². The third kappa shape index (κ3) is 8.20. The van der Waals surface area contributed by atoms with E-state index in [-0.39, 0.29) is 24.9 Å². The van der Waals surface area contributed by atoms with E-state index in [0.717, 1.165) is 0 Å². The summed E-state index contributed by atoms with van der Waals surface area (Å²) in [6.45, 7) is 0.701. The van der Waals surface area contributed by atoms with E-state index >= 15 is 0 Å². The number of nitrogens with zero attached hydrogens (tertiary/aromatic N) is 2. The molecule has 0 N–H and O–H groups in total. The van der Waals surface area contributed by atoms with Gasteiger partial charge in [-0.05, 0) is 14.1 Å². The summed E-state index contributed by atoms with van der Waals surface area (Å²) in [5.41, 5.74) is 0. The molecule has 0 saturated carbocycles. The standard InChI is InChI=1S/C9H18N2O3.ClH/c1-10(2)6-5-8(12)11(3)7-9(13)14-4;/h5-7H2,1-4H3;1H. The molecule has 0 bridgehead atoms. The zero-order valence-corrected chi connectivity index (χ0v) is 10.5. The Morgan fingerprint density at radius 3 is 2.13 bits per heavy atom. The van der Waals surface area contributed by atoms with Crippen LogP contribution in [0, 0.1) is 0 Å². The highest BCUT2D eigenvalue weighted by atomic mass is 35.5. The first-order valence-electron chi connectivity index (χ1n) is 4.43. The fourth-order valence-electron chi connectivity index (χ4n) is 0.856. The maximum Gasteiger partial charge on any atom is 0.325 e. The van der Waals surface area contributed by atoms with Crippen LogP contribution in [-0.4, -0.2) is 63.0 Å². The summed E-state index contributed by atoms with van der Waals surface area (Å²) in [5, 5.41) is 0. The highest BCUT2D eigenvalue weighted by molar-refractivity contribution is 5.85. The molecule has 0 spiro atoms. The van der Waals surface area contributed by atoms with Crippen molar-refractivity contribution in [3.63, 3.8) is 0 Å². The Balaban J connectivity index is 0. The molecule has 0 aliphatic carbocycles. The van der Waals surface area contributed by atoms with Crippen molar-refractivity contribution in [1.29, 1.82) is 0 Å². The number of hydrogen-bond acceptors (Lipinski definition) is 4. The van der Waals surface area contributed by atoms with E-state index in [1.807, 2.05) is 19.0 Å². The van der Waals surface area contributed by atoms with Gasteiger partial charge in [0.05, 0.1) is 7.11 Å². The molecular weight excluding hydrogens is 220 g/mol. The van der Waals surface area contributed by atoms with Gasteiger partial charge in [-0.2, -0.15) is 0 Å². The number of carbonyl (C=O) groups is 2. The third-order valence-corrected chi connectivity index (χ3v) is 1.79. The number of hydrogen-bond donors (Lipinski definition) is 0. The Labute approximate surface area is 96.8 Å². The molecule has 0 atom stereocenters. The summed E-state index contributed by atoms with van der Waals surface area (Å²) in [6.07, 6.45) is 0.417. The number of halogens is 1. The van der Waals surface area contributed by atoms with Gasteiger partial charge in [0.1, 0.15) is 6.54 Å². The van der Waals surface area contributed by atoms with Crippen LogP contribution in [0.4, 0.5) is 0 Å². The van der Waals surface area contributed by atoms with E-state index in [2.05, 4.69) is 4.74 Å². The average Bonchev–Trinajstić information content (AvgIpc) is 2.13. The molecule has 5 nitrogen and oxygen atoms in total. The van der Waals surface area contributed by atoms with E-state index in [1.54, 1.807) is 7.05 Å². The summed E-state index contributed by atoms with van der Waals surface area (Å²) >= 11 is 0. The van der Waals surface area contributed by atoms with Crippen molar-refractivity contribution in [2.45, 2.75) is 6.42 Å². The van der Waals surface area contributed by atoms with Gasteiger partial charge >= 0.3 is 5.97 Å².